The quantitative estimate of drug-likeness (QED) is 0.250. The summed E-state index contributed by atoms with van der Waals surface area (Å²) in [5.74, 6) is 0. The first-order valence-electron chi connectivity index (χ1n) is 8.89. The summed E-state index contributed by atoms with van der Waals surface area (Å²) in [7, 11) is 0. The number of aryl methyl sites for hydroxylation is 2. The van der Waals surface area contributed by atoms with Gasteiger partial charge in [0, 0.05) is 9.79 Å². The summed E-state index contributed by atoms with van der Waals surface area (Å²) < 4.78 is 0. The van der Waals surface area contributed by atoms with E-state index in [1.807, 2.05) is 6.07 Å². The number of nitrogens with zero attached hydrogens (tertiary/aromatic N) is 1. The molecule has 0 fully saturated rings. The van der Waals surface area contributed by atoms with Crippen LogP contribution in [0.1, 0.15) is 18.1 Å². The molecule has 0 aliphatic rings. The summed E-state index contributed by atoms with van der Waals surface area (Å²) in [6.07, 6.45) is 0. The van der Waals surface area contributed by atoms with Crippen molar-refractivity contribution in [1.82, 2.24) is 0 Å². The van der Waals surface area contributed by atoms with Crippen molar-refractivity contribution in [3.05, 3.63) is 101 Å². The van der Waals surface area contributed by atoms with Crippen LogP contribution in [0, 0.1) is 13.8 Å². The minimum Gasteiger partial charge on any atom is -0.241 e. The molecule has 0 bridgehead atoms. The molecule has 0 aliphatic heterocycles. The van der Waals surface area contributed by atoms with Crippen LogP contribution < -0.4 is 0 Å². The second kappa shape index (κ2) is 9.63. The maximum atomic E-state index is 4.92. The van der Waals surface area contributed by atoms with E-state index in [1.165, 1.54) is 20.9 Å². The van der Waals surface area contributed by atoms with Crippen LogP contribution in [0.2, 0.25) is 0 Å². The zero-order chi connectivity index (χ0) is 19.1. The van der Waals surface area contributed by atoms with Crippen LogP contribution >= 0.6 is 23.5 Å². The van der Waals surface area contributed by atoms with Gasteiger partial charge < -0.3 is 0 Å². The second-order valence-corrected chi connectivity index (χ2v) is 8.40. The highest BCUT2D eigenvalue weighted by Crippen LogP contribution is 2.29. The average molecular weight is 390 g/mol. The van der Waals surface area contributed by atoms with Crippen LogP contribution in [0.15, 0.2) is 105 Å². The Morgan fingerprint density at radius 2 is 1.33 bits per heavy atom. The first kappa shape index (κ1) is 19.5. The number of aliphatic imine (C=N–C) groups is 1. The Morgan fingerprint density at radius 1 is 0.741 bits per heavy atom. The highest BCUT2D eigenvalue weighted by Gasteiger charge is 2.07. The molecule has 0 N–H and O–H groups in total. The fourth-order valence-electron chi connectivity index (χ4n) is 2.35. The fourth-order valence-corrected chi connectivity index (χ4v) is 4.03. The molecule has 27 heavy (non-hydrogen) atoms. The van der Waals surface area contributed by atoms with Gasteiger partial charge in [0.2, 0.25) is 0 Å². The number of hydrogen-bond donors (Lipinski definition) is 0. The van der Waals surface area contributed by atoms with Gasteiger partial charge in [-0.25, -0.2) is 4.99 Å². The molecule has 0 spiro atoms. The van der Waals surface area contributed by atoms with Gasteiger partial charge in [-0.2, -0.15) is 0 Å². The van der Waals surface area contributed by atoms with Crippen LogP contribution in [0.3, 0.4) is 0 Å². The van der Waals surface area contributed by atoms with Gasteiger partial charge in [0.15, 0.2) is 0 Å². The highest BCUT2D eigenvalue weighted by molar-refractivity contribution is 8.14. The van der Waals surface area contributed by atoms with E-state index in [9.17, 15) is 0 Å². The smallest absolute Gasteiger partial charge is 0.105 e. The van der Waals surface area contributed by atoms with Crippen molar-refractivity contribution in [3.63, 3.8) is 0 Å². The number of rotatable bonds is 5. The molecule has 0 atom stereocenters. The molecule has 3 aromatic rings. The molecule has 1 nitrogen and oxygen atoms in total. The van der Waals surface area contributed by atoms with Crippen molar-refractivity contribution in [3.8, 4) is 0 Å². The maximum Gasteiger partial charge on any atom is 0.105 e. The van der Waals surface area contributed by atoms with E-state index in [2.05, 4.69) is 99.0 Å². The van der Waals surface area contributed by atoms with Gasteiger partial charge in [-0.05, 0) is 68.2 Å². The van der Waals surface area contributed by atoms with Gasteiger partial charge in [0.05, 0.1) is 5.69 Å². The van der Waals surface area contributed by atoms with Gasteiger partial charge in [0.25, 0.3) is 0 Å². The molecular formula is C24H23NS2. The largest absolute Gasteiger partial charge is 0.241 e. The number of thioether (sulfide) groups is 2. The lowest BCUT2D eigenvalue weighted by atomic mass is 10.2. The lowest BCUT2D eigenvalue weighted by Crippen LogP contribution is -1.94. The fraction of sp³-hybridized carbons (Fsp3) is 0.125. The van der Waals surface area contributed by atoms with Crippen LogP contribution in [0.25, 0.3) is 0 Å². The zero-order valence-electron chi connectivity index (χ0n) is 15.8. The van der Waals surface area contributed by atoms with E-state index in [1.54, 1.807) is 23.5 Å². The number of hydrogen-bond acceptors (Lipinski definition) is 3. The van der Waals surface area contributed by atoms with Crippen molar-refractivity contribution < 1.29 is 0 Å². The van der Waals surface area contributed by atoms with Gasteiger partial charge in [-0.1, -0.05) is 77.1 Å². The zero-order valence-corrected chi connectivity index (χ0v) is 17.5. The van der Waals surface area contributed by atoms with Crippen molar-refractivity contribution in [2.75, 3.05) is 0 Å². The van der Waals surface area contributed by atoms with E-state index in [0.717, 1.165) is 16.3 Å². The minimum absolute atomic E-state index is 0.979. The first-order valence-corrected chi connectivity index (χ1v) is 10.6. The molecule has 0 amide bonds. The van der Waals surface area contributed by atoms with E-state index >= 15 is 0 Å². The van der Waals surface area contributed by atoms with Gasteiger partial charge >= 0.3 is 0 Å². The predicted molar refractivity (Wildman–Crippen MR) is 121 cm³/mol. The van der Waals surface area contributed by atoms with E-state index in [0.29, 0.717) is 0 Å². The molecule has 3 heteroatoms. The summed E-state index contributed by atoms with van der Waals surface area (Å²) in [4.78, 5) is 7.35. The Hall–Kier alpha value is -2.23. The predicted octanol–water partition coefficient (Wildman–Crippen LogP) is 7.82. The summed E-state index contributed by atoms with van der Waals surface area (Å²) in [6, 6.07) is 27.4. The lowest BCUT2D eigenvalue weighted by Gasteiger charge is -2.08. The molecule has 136 valence electrons. The van der Waals surface area contributed by atoms with Crippen molar-refractivity contribution in [2.45, 2.75) is 30.6 Å². The summed E-state index contributed by atoms with van der Waals surface area (Å²) in [5, 5.41) is 3.21. The van der Waals surface area contributed by atoms with Crippen LogP contribution in [-0.4, -0.2) is 5.04 Å². The standard InChI is InChI=1S/C24H23NS2/c1-18-9-13-21(14-10-18)25-24(27-23-7-5-4-6-8-23)20(3)17-26-22-15-11-19(2)12-16-22/h4-17H,1-3H3. The number of benzene rings is 3. The third-order valence-corrected chi connectivity index (χ3v) is 6.08. The molecule has 0 aromatic heterocycles. The molecule has 0 radical (unpaired) electrons. The Balaban J connectivity index is 1.86. The summed E-state index contributed by atoms with van der Waals surface area (Å²) in [6.45, 7) is 6.33. The van der Waals surface area contributed by atoms with Crippen molar-refractivity contribution in [2.24, 2.45) is 4.99 Å². The molecule has 0 saturated heterocycles. The summed E-state index contributed by atoms with van der Waals surface area (Å²) in [5.41, 5.74) is 4.66. The molecule has 0 aliphatic carbocycles. The summed E-state index contributed by atoms with van der Waals surface area (Å²) >= 11 is 3.43. The Labute approximate surface area is 170 Å². The molecular weight excluding hydrogens is 366 g/mol. The monoisotopic (exact) mass is 389 g/mol. The van der Waals surface area contributed by atoms with Crippen LogP contribution in [-0.2, 0) is 0 Å². The maximum absolute atomic E-state index is 4.92. The topological polar surface area (TPSA) is 12.4 Å². The first-order chi connectivity index (χ1) is 13.1. The lowest BCUT2D eigenvalue weighted by molar-refractivity contribution is 1.38. The Morgan fingerprint density at radius 3 is 1.96 bits per heavy atom. The molecule has 3 aromatic carbocycles. The Bertz CT molecular complexity index is 924. The van der Waals surface area contributed by atoms with Gasteiger partial charge in [-0.15, -0.1) is 0 Å². The van der Waals surface area contributed by atoms with E-state index < -0.39 is 0 Å². The molecule has 0 heterocycles. The normalized spacial score (nSPS) is 12.3. The van der Waals surface area contributed by atoms with Crippen molar-refractivity contribution in [1.29, 1.82) is 0 Å². The molecule has 0 saturated carbocycles. The van der Waals surface area contributed by atoms with Gasteiger partial charge in [-0.3, -0.25) is 0 Å². The van der Waals surface area contributed by atoms with Crippen LogP contribution in [0.5, 0.6) is 0 Å². The highest BCUT2D eigenvalue weighted by atomic mass is 32.2. The Kier molecular flexibility index (Phi) is 6.97. The third kappa shape index (κ3) is 6.16. The van der Waals surface area contributed by atoms with Gasteiger partial charge in [0.1, 0.15) is 5.04 Å². The molecule has 0 unspecified atom stereocenters. The molecule has 3 rings (SSSR count). The average Bonchev–Trinajstić information content (AvgIpc) is 2.69. The second-order valence-electron chi connectivity index (χ2n) is 6.40. The van der Waals surface area contributed by atoms with E-state index in [-0.39, 0.29) is 0 Å². The SMILES string of the molecule is CC(=CSc1ccc(C)cc1)C(=Nc1ccc(C)cc1)Sc1ccccc1. The van der Waals surface area contributed by atoms with E-state index in [4.69, 9.17) is 4.99 Å². The van der Waals surface area contributed by atoms with Crippen molar-refractivity contribution >= 4 is 34.3 Å². The minimum atomic E-state index is 0.979. The van der Waals surface area contributed by atoms with Crippen LogP contribution in [0.4, 0.5) is 5.69 Å². The third-order valence-electron chi connectivity index (χ3n) is 3.95.